The van der Waals surface area contributed by atoms with Gasteiger partial charge in [0.1, 0.15) is 0 Å². The summed E-state index contributed by atoms with van der Waals surface area (Å²) in [6.45, 7) is 2.76. The van der Waals surface area contributed by atoms with E-state index < -0.39 is 30.6 Å². The summed E-state index contributed by atoms with van der Waals surface area (Å²) in [6.07, 6.45) is -5.55. The lowest BCUT2D eigenvalue weighted by Gasteiger charge is -2.17. The van der Waals surface area contributed by atoms with E-state index >= 15 is 0 Å². The van der Waals surface area contributed by atoms with Crippen LogP contribution in [0.5, 0.6) is 0 Å². The predicted molar refractivity (Wildman–Crippen MR) is 70.4 cm³/mol. The molecule has 0 saturated carbocycles. The van der Waals surface area contributed by atoms with Crippen molar-refractivity contribution in [2.75, 3.05) is 5.32 Å². The van der Waals surface area contributed by atoms with Gasteiger partial charge in [0, 0.05) is 6.04 Å². The Labute approximate surface area is 119 Å². The van der Waals surface area contributed by atoms with Crippen LogP contribution in [0.25, 0.3) is 0 Å². The number of aryl methyl sites for hydroxylation is 1. The van der Waals surface area contributed by atoms with Gasteiger partial charge >= 0.3 is 18.2 Å². The average Bonchev–Trinajstić information content (AvgIpc) is 2.24. The minimum atomic E-state index is -4.39. The number of hydrogen-bond donors (Lipinski definition) is 3. The molecule has 2 amide bonds. The lowest BCUT2D eigenvalue weighted by Crippen LogP contribution is -2.39. The Balaban J connectivity index is 2.76. The van der Waals surface area contributed by atoms with Crippen LogP contribution in [0.1, 0.15) is 29.3 Å². The average molecular weight is 304 g/mol. The van der Waals surface area contributed by atoms with Crippen molar-refractivity contribution in [1.82, 2.24) is 5.32 Å². The second kappa shape index (κ2) is 6.47. The molecule has 3 N–H and O–H groups in total. The summed E-state index contributed by atoms with van der Waals surface area (Å²) in [4.78, 5) is 22.7. The van der Waals surface area contributed by atoms with Crippen molar-refractivity contribution in [3.63, 3.8) is 0 Å². The summed E-state index contributed by atoms with van der Waals surface area (Å²) in [5.41, 5.74) is 0.360. The Hall–Kier alpha value is -2.25. The molecule has 1 atom stereocenters. The number of benzene rings is 1. The zero-order valence-corrected chi connectivity index (χ0v) is 11.4. The van der Waals surface area contributed by atoms with Crippen molar-refractivity contribution in [3.05, 3.63) is 29.3 Å². The molecule has 0 aromatic heterocycles. The molecule has 1 aromatic rings. The molecule has 0 aliphatic carbocycles. The summed E-state index contributed by atoms with van der Waals surface area (Å²) < 4.78 is 36.5. The van der Waals surface area contributed by atoms with Crippen LogP contribution in [0, 0.1) is 6.92 Å². The zero-order chi connectivity index (χ0) is 16.2. The van der Waals surface area contributed by atoms with Crippen molar-refractivity contribution in [3.8, 4) is 0 Å². The van der Waals surface area contributed by atoms with E-state index in [2.05, 4.69) is 10.6 Å². The number of aromatic carboxylic acids is 1. The molecule has 21 heavy (non-hydrogen) atoms. The number of carbonyl (C=O) groups excluding carboxylic acids is 1. The number of anilines is 1. The van der Waals surface area contributed by atoms with Crippen molar-refractivity contribution >= 4 is 17.7 Å². The Morgan fingerprint density at radius 2 is 1.95 bits per heavy atom. The second-order valence-corrected chi connectivity index (χ2v) is 4.62. The number of amides is 2. The second-order valence-electron chi connectivity index (χ2n) is 4.62. The molecular weight excluding hydrogens is 289 g/mol. The summed E-state index contributed by atoms with van der Waals surface area (Å²) in [7, 11) is 0. The highest BCUT2D eigenvalue weighted by molar-refractivity contribution is 6.01. The Kier molecular flexibility index (Phi) is 5.17. The topological polar surface area (TPSA) is 78.4 Å². The van der Waals surface area contributed by atoms with Crippen molar-refractivity contribution < 1.29 is 27.9 Å². The summed E-state index contributed by atoms with van der Waals surface area (Å²) in [5, 5.41) is 13.4. The van der Waals surface area contributed by atoms with E-state index in [0.29, 0.717) is 5.56 Å². The fourth-order valence-corrected chi connectivity index (χ4v) is 1.84. The third kappa shape index (κ3) is 5.33. The third-order valence-electron chi connectivity index (χ3n) is 2.65. The molecule has 0 radical (unpaired) electrons. The smallest absolute Gasteiger partial charge is 0.391 e. The molecular formula is C13H15F3N2O3. The molecule has 0 spiro atoms. The minimum absolute atomic E-state index is 0.0270. The zero-order valence-electron chi connectivity index (χ0n) is 11.4. The van der Waals surface area contributed by atoms with Crippen molar-refractivity contribution in [2.24, 2.45) is 0 Å². The molecule has 5 nitrogen and oxygen atoms in total. The van der Waals surface area contributed by atoms with Crippen molar-refractivity contribution in [1.29, 1.82) is 0 Å². The summed E-state index contributed by atoms with van der Waals surface area (Å²) >= 11 is 0. The van der Waals surface area contributed by atoms with E-state index in [4.69, 9.17) is 5.11 Å². The van der Waals surface area contributed by atoms with Gasteiger partial charge in [-0.05, 0) is 25.5 Å². The lowest BCUT2D eigenvalue weighted by atomic mass is 10.1. The van der Waals surface area contributed by atoms with E-state index in [1.165, 1.54) is 19.1 Å². The minimum Gasteiger partial charge on any atom is -0.478 e. The summed E-state index contributed by atoms with van der Waals surface area (Å²) in [5.74, 6) is -1.23. The van der Waals surface area contributed by atoms with Gasteiger partial charge in [-0.2, -0.15) is 13.2 Å². The van der Waals surface area contributed by atoms with Crippen LogP contribution in [0.3, 0.4) is 0 Å². The molecule has 0 bridgehead atoms. The van der Waals surface area contributed by atoms with Crippen LogP contribution >= 0.6 is 0 Å². The fraction of sp³-hybridized carbons (Fsp3) is 0.385. The Morgan fingerprint density at radius 3 is 2.48 bits per heavy atom. The van der Waals surface area contributed by atoms with Gasteiger partial charge in [-0.25, -0.2) is 9.59 Å². The predicted octanol–water partition coefficient (Wildman–Crippen LogP) is 3.16. The molecule has 1 aromatic carbocycles. The highest BCUT2D eigenvalue weighted by atomic mass is 19.4. The van der Waals surface area contributed by atoms with Gasteiger partial charge in [-0.3, -0.25) is 0 Å². The molecule has 0 fully saturated rings. The maximum absolute atomic E-state index is 12.2. The van der Waals surface area contributed by atoms with E-state index in [1.54, 1.807) is 13.0 Å². The molecule has 1 rings (SSSR count). The van der Waals surface area contributed by atoms with Gasteiger partial charge in [0.2, 0.25) is 0 Å². The molecule has 1 unspecified atom stereocenters. The monoisotopic (exact) mass is 304 g/mol. The van der Waals surface area contributed by atoms with E-state index in [-0.39, 0.29) is 11.3 Å². The van der Waals surface area contributed by atoms with Crippen LogP contribution in [-0.2, 0) is 0 Å². The van der Waals surface area contributed by atoms with Gasteiger partial charge in [0.15, 0.2) is 0 Å². The number of carboxylic acids is 1. The largest absolute Gasteiger partial charge is 0.478 e. The van der Waals surface area contributed by atoms with Gasteiger partial charge < -0.3 is 15.7 Å². The number of halogens is 3. The van der Waals surface area contributed by atoms with Crippen LogP contribution in [0.2, 0.25) is 0 Å². The van der Waals surface area contributed by atoms with Gasteiger partial charge in [0.25, 0.3) is 0 Å². The first-order chi connectivity index (χ1) is 9.60. The van der Waals surface area contributed by atoms with Gasteiger partial charge in [-0.15, -0.1) is 0 Å². The Morgan fingerprint density at radius 1 is 1.33 bits per heavy atom. The molecule has 0 aliphatic rings. The fourth-order valence-electron chi connectivity index (χ4n) is 1.84. The lowest BCUT2D eigenvalue weighted by molar-refractivity contribution is -0.138. The van der Waals surface area contributed by atoms with Gasteiger partial charge in [-0.1, -0.05) is 12.1 Å². The quantitative estimate of drug-likeness (QED) is 0.799. The number of rotatable bonds is 4. The van der Waals surface area contributed by atoms with E-state index in [0.717, 1.165) is 0 Å². The number of nitrogens with one attached hydrogen (secondary N) is 2. The standard InChI is InChI=1S/C13H15F3N2O3/c1-7-4-3-5-9(10(7)11(19)20)18-12(21)17-8(2)6-13(14,15)16/h3-5,8H,6H2,1-2H3,(H,19,20)(H2,17,18,21). The van der Waals surface area contributed by atoms with Crippen LogP contribution in [-0.4, -0.2) is 29.3 Å². The molecule has 0 saturated heterocycles. The number of hydrogen-bond acceptors (Lipinski definition) is 2. The Bertz CT molecular complexity index is 544. The first-order valence-corrected chi connectivity index (χ1v) is 6.07. The van der Waals surface area contributed by atoms with Crippen LogP contribution in [0.15, 0.2) is 18.2 Å². The maximum atomic E-state index is 12.2. The molecule has 8 heteroatoms. The number of carbonyl (C=O) groups is 2. The normalized spacial score (nSPS) is 12.6. The summed E-state index contributed by atoms with van der Waals surface area (Å²) in [6, 6.07) is 2.45. The van der Waals surface area contributed by atoms with Gasteiger partial charge in [0.05, 0.1) is 17.7 Å². The number of alkyl halides is 3. The highest BCUT2D eigenvalue weighted by Gasteiger charge is 2.30. The molecule has 0 aliphatic heterocycles. The number of carboxylic acid groups (broad SMARTS) is 1. The van der Waals surface area contributed by atoms with Crippen molar-refractivity contribution in [2.45, 2.75) is 32.5 Å². The number of urea groups is 1. The SMILES string of the molecule is Cc1cccc(NC(=O)NC(C)CC(F)(F)F)c1C(=O)O. The molecule has 0 heterocycles. The van der Waals surface area contributed by atoms with E-state index in [1.807, 2.05) is 0 Å². The first kappa shape index (κ1) is 16.8. The van der Waals surface area contributed by atoms with E-state index in [9.17, 15) is 22.8 Å². The molecule has 116 valence electrons. The maximum Gasteiger partial charge on any atom is 0.391 e. The van der Waals surface area contributed by atoms with Crippen LogP contribution < -0.4 is 10.6 Å². The third-order valence-corrected chi connectivity index (χ3v) is 2.65. The highest BCUT2D eigenvalue weighted by Crippen LogP contribution is 2.22. The first-order valence-electron chi connectivity index (χ1n) is 6.07. The van der Waals surface area contributed by atoms with Crippen LogP contribution in [0.4, 0.5) is 23.7 Å².